The van der Waals surface area contributed by atoms with Crippen LogP contribution in [0.1, 0.15) is 23.9 Å². The number of amides is 1. The summed E-state index contributed by atoms with van der Waals surface area (Å²) in [5.41, 5.74) is 0. The van der Waals surface area contributed by atoms with E-state index in [0.29, 0.717) is 13.0 Å². The molecule has 0 bridgehead atoms. The van der Waals surface area contributed by atoms with Crippen LogP contribution in [0.15, 0.2) is 22.8 Å². The molecule has 1 aliphatic heterocycles. The second-order valence-corrected chi connectivity index (χ2v) is 4.74. The van der Waals surface area contributed by atoms with E-state index in [2.05, 4.69) is 17.1 Å². The monoisotopic (exact) mass is 280 g/mol. The number of hydrogen-bond acceptors (Lipinski definition) is 5. The summed E-state index contributed by atoms with van der Waals surface area (Å²) in [6, 6.07) is 3.06. The van der Waals surface area contributed by atoms with E-state index < -0.39 is 11.7 Å². The van der Waals surface area contributed by atoms with Gasteiger partial charge in [-0.05, 0) is 25.1 Å². The van der Waals surface area contributed by atoms with Crippen LogP contribution >= 0.6 is 0 Å². The molecule has 1 saturated heterocycles. The SMILES string of the molecule is CCN1CCO[C@H](CCNC(=O)C(=O)c2ccco2)C1. The van der Waals surface area contributed by atoms with Crippen LogP contribution in [-0.2, 0) is 9.53 Å². The molecular weight excluding hydrogens is 260 g/mol. The normalized spacial score (nSPS) is 19.8. The van der Waals surface area contributed by atoms with Gasteiger partial charge in [-0.15, -0.1) is 0 Å². The van der Waals surface area contributed by atoms with E-state index in [-0.39, 0.29) is 11.9 Å². The number of nitrogens with one attached hydrogen (secondary N) is 1. The van der Waals surface area contributed by atoms with E-state index >= 15 is 0 Å². The molecule has 2 heterocycles. The predicted molar refractivity (Wildman–Crippen MR) is 72.5 cm³/mol. The zero-order valence-electron chi connectivity index (χ0n) is 11.6. The Labute approximate surface area is 118 Å². The predicted octanol–water partition coefficient (Wildman–Crippen LogP) is 0.689. The van der Waals surface area contributed by atoms with Crippen molar-refractivity contribution in [1.82, 2.24) is 10.2 Å². The number of ketones is 1. The molecule has 110 valence electrons. The van der Waals surface area contributed by atoms with Crippen LogP contribution in [0.4, 0.5) is 0 Å². The van der Waals surface area contributed by atoms with E-state index in [1.807, 2.05) is 0 Å². The summed E-state index contributed by atoms with van der Waals surface area (Å²) < 4.78 is 10.5. The van der Waals surface area contributed by atoms with Crippen molar-refractivity contribution < 1.29 is 18.7 Å². The average molecular weight is 280 g/mol. The second-order valence-electron chi connectivity index (χ2n) is 4.74. The van der Waals surface area contributed by atoms with Crippen LogP contribution < -0.4 is 5.32 Å². The first-order chi connectivity index (χ1) is 9.70. The highest BCUT2D eigenvalue weighted by Gasteiger charge is 2.21. The van der Waals surface area contributed by atoms with Crippen molar-refractivity contribution in [3.05, 3.63) is 24.2 Å². The molecule has 6 nitrogen and oxygen atoms in total. The molecule has 1 aliphatic rings. The maximum Gasteiger partial charge on any atom is 0.295 e. The third kappa shape index (κ3) is 3.91. The average Bonchev–Trinajstić information content (AvgIpc) is 3.00. The molecule has 20 heavy (non-hydrogen) atoms. The third-order valence-electron chi connectivity index (χ3n) is 3.37. The summed E-state index contributed by atoms with van der Waals surface area (Å²) in [5.74, 6) is -1.22. The molecule has 1 N–H and O–H groups in total. The highest BCUT2D eigenvalue weighted by Crippen LogP contribution is 2.07. The zero-order chi connectivity index (χ0) is 14.4. The maximum atomic E-state index is 11.6. The molecule has 2 rings (SSSR count). The van der Waals surface area contributed by atoms with E-state index in [1.165, 1.54) is 12.3 Å². The van der Waals surface area contributed by atoms with E-state index in [1.54, 1.807) is 6.07 Å². The standard InChI is InChI=1S/C14H20N2O4/c1-2-16-7-9-19-11(10-16)5-6-15-14(18)13(17)12-4-3-8-20-12/h3-4,8,11H,2,5-7,9-10H2,1H3,(H,15,18)/t11-/m1/s1. The molecule has 0 unspecified atom stereocenters. The van der Waals surface area contributed by atoms with Gasteiger partial charge in [0.05, 0.1) is 19.0 Å². The summed E-state index contributed by atoms with van der Waals surface area (Å²) in [7, 11) is 0. The Hall–Kier alpha value is -1.66. The number of furan rings is 1. The van der Waals surface area contributed by atoms with E-state index in [4.69, 9.17) is 9.15 Å². The fraction of sp³-hybridized carbons (Fsp3) is 0.571. The van der Waals surface area contributed by atoms with Gasteiger partial charge in [-0.2, -0.15) is 0 Å². The molecule has 1 fully saturated rings. The van der Waals surface area contributed by atoms with Crippen molar-refractivity contribution in [2.45, 2.75) is 19.4 Å². The molecule has 1 aromatic rings. The van der Waals surface area contributed by atoms with Gasteiger partial charge in [0.25, 0.3) is 11.7 Å². The molecule has 0 saturated carbocycles. The van der Waals surface area contributed by atoms with Crippen molar-refractivity contribution in [2.24, 2.45) is 0 Å². The number of nitrogens with zero attached hydrogens (tertiary/aromatic N) is 1. The topological polar surface area (TPSA) is 71.8 Å². The fourth-order valence-electron chi connectivity index (χ4n) is 2.19. The van der Waals surface area contributed by atoms with Gasteiger partial charge in [-0.25, -0.2) is 0 Å². The molecule has 0 radical (unpaired) electrons. The Balaban J connectivity index is 1.70. The number of carbonyl (C=O) groups excluding carboxylic acids is 2. The first-order valence-electron chi connectivity index (χ1n) is 6.90. The lowest BCUT2D eigenvalue weighted by molar-refractivity contribution is -0.117. The molecule has 6 heteroatoms. The summed E-state index contributed by atoms with van der Waals surface area (Å²) in [6.45, 7) is 6.09. The minimum Gasteiger partial charge on any atom is -0.461 e. The first kappa shape index (κ1) is 14.7. The number of likely N-dealkylation sites (N-methyl/N-ethyl adjacent to an activating group) is 1. The highest BCUT2D eigenvalue weighted by atomic mass is 16.5. The number of morpholine rings is 1. The Morgan fingerprint density at radius 2 is 2.35 bits per heavy atom. The van der Waals surface area contributed by atoms with Gasteiger partial charge in [0.1, 0.15) is 0 Å². The fourth-order valence-corrected chi connectivity index (χ4v) is 2.19. The van der Waals surface area contributed by atoms with Gasteiger partial charge in [-0.3, -0.25) is 14.5 Å². The van der Waals surface area contributed by atoms with Crippen LogP contribution in [0, 0.1) is 0 Å². The van der Waals surface area contributed by atoms with Gasteiger partial charge < -0.3 is 14.5 Å². The van der Waals surface area contributed by atoms with Crippen LogP contribution in [0.25, 0.3) is 0 Å². The zero-order valence-corrected chi connectivity index (χ0v) is 11.6. The van der Waals surface area contributed by atoms with Crippen molar-refractivity contribution in [3.8, 4) is 0 Å². The van der Waals surface area contributed by atoms with Gasteiger partial charge in [0.2, 0.25) is 0 Å². The summed E-state index contributed by atoms with van der Waals surface area (Å²) in [5, 5.41) is 2.60. The van der Waals surface area contributed by atoms with Gasteiger partial charge in [0, 0.05) is 19.6 Å². The Bertz CT molecular complexity index is 444. The quantitative estimate of drug-likeness (QED) is 0.613. The van der Waals surface area contributed by atoms with E-state index in [9.17, 15) is 9.59 Å². The number of hydrogen-bond donors (Lipinski definition) is 1. The van der Waals surface area contributed by atoms with Gasteiger partial charge >= 0.3 is 0 Å². The second kappa shape index (κ2) is 7.21. The minimum absolute atomic E-state index is 0.0635. The van der Waals surface area contributed by atoms with Crippen LogP contribution in [-0.4, -0.2) is 55.5 Å². The van der Waals surface area contributed by atoms with Crippen LogP contribution in [0.3, 0.4) is 0 Å². The molecule has 0 spiro atoms. The number of Topliss-reactive ketones (excluding diaryl/α,β-unsaturated/α-hetero) is 1. The molecule has 1 amide bonds. The lowest BCUT2D eigenvalue weighted by Gasteiger charge is -2.32. The van der Waals surface area contributed by atoms with Crippen molar-refractivity contribution >= 4 is 11.7 Å². The Morgan fingerprint density at radius 1 is 1.50 bits per heavy atom. The number of rotatable bonds is 6. The van der Waals surface area contributed by atoms with Crippen molar-refractivity contribution in [1.29, 1.82) is 0 Å². The lowest BCUT2D eigenvalue weighted by Crippen LogP contribution is -2.43. The van der Waals surface area contributed by atoms with Crippen molar-refractivity contribution in [3.63, 3.8) is 0 Å². The molecule has 1 atom stereocenters. The third-order valence-corrected chi connectivity index (χ3v) is 3.37. The first-order valence-corrected chi connectivity index (χ1v) is 6.90. The Kier molecular flexibility index (Phi) is 5.31. The molecular formula is C14H20N2O4. The Morgan fingerprint density at radius 3 is 3.05 bits per heavy atom. The highest BCUT2D eigenvalue weighted by molar-refractivity contribution is 6.42. The summed E-state index contributed by atoms with van der Waals surface area (Å²) in [6.07, 6.45) is 2.19. The molecule has 0 aromatic carbocycles. The van der Waals surface area contributed by atoms with Crippen LogP contribution in [0.5, 0.6) is 0 Å². The smallest absolute Gasteiger partial charge is 0.295 e. The van der Waals surface area contributed by atoms with Crippen molar-refractivity contribution in [2.75, 3.05) is 32.8 Å². The van der Waals surface area contributed by atoms with Gasteiger partial charge in [-0.1, -0.05) is 6.92 Å². The molecule has 0 aliphatic carbocycles. The summed E-state index contributed by atoms with van der Waals surface area (Å²) >= 11 is 0. The largest absolute Gasteiger partial charge is 0.461 e. The molecule has 1 aromatic heterocycles. The number of ether oxygens (including phenoxy) is 1. The van der Waals surface area contributed by atoms with Crippen LogP contribution in [0.2, 0.25) is 0 Å². The van der Waals surface area contributed by atoms with Gasteiger partial charge in [0.15, 0.2) is 5.76 Å². The maximum absolute atomic E-state index is 11.6. The van der Waals surface area contributed by atoms with E-state index in [0.717, 1.165) is 26.2 Å². The number of carbonyl (C=O) groups is 2. The lowest BCUT2D eigenvalue weighted by atomic mass is 10.2. The summed E-state index contributed by atoms with van der Waals surface area (Å²) in [4.78, 5) is 25.6. The minimum atomic E-state index is -0.644.